The van der Waals surface area contributed by atoms with Gasteiger partial charge in [-0.25, -0.2) is 0 Å². The van der Waals surface area contributed by atoms with Crippen LogP contribution in [0.15, 0.2) is 0 Å². The molecular weight excluding hydrogens is 140 g/mol. The Morgan fingerprint density at radius 3 is 2.91 bits per heavy atom. The summed E-state index contributed by atoms with van der Waals surface area (Å²) in [4.78, 5) is 0. The van der Waals surface area contributed by atoms with Crippen LogP contribution in [-0.4, -0.2) is 32.3 Å². The molecule has 0 aromatic carbocycles. The molecule has 3 nitrogen and oxygen atoms in total. The Morgan fingerprint density at radius 2 is 2.45 bits per heavy atom. The van der Waals surface area contributed by atoms with E-state index in [1.54, 1.807) is 7.11 Å². The van der Waals surface area contributed by atoms with Gasteiger partial charge in [0.25, 0.3) is 0 Å². The normalized spacial score (nSPS) is 32.2. The van der Waals surface area contributed by atoms with Crippen LogP contribution >= 0.6 is 0 Å². The van der Waals surface area contributed by atoms with Gasteiger partial charge in [-0.05, 0) is 32.4 Å². The molecule has 1 rings (SSSR count). The molecule has 0 aliphatic carbocycles. The highest BCUT2D eigenvalue weighted by Gasteiger charge is 2.30. The molecule has 3 heteroatoms. The van der Waals surface area contributed by atoms with Crippen molar-refractivity contribution in [2.45, 2.75) is 24.9 Å². The van der Waals surface area contributed by atoms with Crippen LogP contribution in [-0.2, 0) is 4.74 Å². The maximum Gasteiger partial charge on any atom is 0.0814 e. The standard InChI is InChI=1S/C8H18N2O/c1-11-8(4-5-9)3-2-6-10-7-8/h10H,2-7,9H2,1H3. The zero-order chi connectivity index (χ0) is 8.16. The molecule has 0 aromatic rings. The second-order valence-electron chi connectivity index (χ2n) is 3.21. The maximum absolute atomic E-state index is 5.51. The molecular formula is C8H18N2O. The molecule has 0 bridgehead atoms. The van der Waals surface area contributed by atoms with E-state index < -0.39 is 0 Å². The van der Waals surface area contributed by atoms with Gasteiger partial charge in [0.1, 0.15) is 0 Å². The SMILES string of the molecule is COC1(CCN)CCCNC1. The predicted molar refractivity (Wildman–Crippen MR) is 45.5 cm³/mol. The number of nitrogens with one attached hydrogen (secondary N) is 1. The van der Waals surface area contributed by atoms with Crippen molar-refractivity contribution in [2.75, 3.05) is 26.7 Å². The number of hydrogen-bond acceptors (Lipinski definition) is 3. The van der Waals surface area contributed by atoms with Crippen LogP contribution in [0.1, 0.15) is 19.3 Å². The van der Waals surface area contributed by atoms with Crippen LogP contribution in [0.4, 0.5) is 0 Å². The van der Waals surface area contributed by atoms with Crippen molar-refractivity contribution in [3.63, 3.8) is 0 Å². The van der Waals surface area contributed by atoms with Crippen LogP contribution < -0.4 is 11.1 Å². The van der Waals surface area contributed by atoms with Crippen LogP contribution in [0.25, 0.3) is 0 Å². The minimum atomic E-state index is 0.0347. The van der Waals surface area contributed by atoms with E-state index in [0.29, 0.717) is 0 Å². The quantitative estimate of drug-likeness (QED) is 0.612. The molecule has 1 fully saturated rings. The Bertz CT molecular complexity index is 105. The van der Waals surface area contributed by atoms with E-state index in [9.17, 15) is 0 Å². The first-order valence-electron chi connectivity index (χ1n) is 4.29. The zero-order valence-corrected chi connectivity index (χ0v) is 7.23. The van der Waals surface area contributed by atoms with E-state index in [4.69, 9.17) is 10.5 Å². The molecule has 0 aromatic heterocycles. The van der Waals surface area contributed by atoms with Gasteiger partial charge in [0, 0.05) is 13.7 Å². The second kappa shape index (κ2) is 4.04. The lowest BCUT2D eigenvalue weighted by Gasteiger charge is -2.36. The molecule has 1 unspecified atom stereocenters. The third kappa shape index (κ3) is 2.15. The molecule has 3 N–H and O–H groups in total. The van der Waals surface area contributed by atoms with Gasteiger partial charge in [0.15, 0.2) is 0 Å². The first-order chi connectivity index (χ1) is 5.33. The number of nitrogens with two attached hydrogens (primary N) is 1. The van der Waals surface area contributed by atoms with Gasteiger partial charge in [-0.1, -0.05) is 0 Å². The number of hydrogen-bond donors (Lipinski definition) is 2. The average Bonchev–Trinajstić information content (AvgIpc) is 2.07. The zero-order valence-electron chi connectivity index (χ0n) is 7.23. The van der Waals surface area contributed by atoms with Gasteiger partial charge < -0.3 is 15.8 Å². The monoisotopic (exact) mass is 158 g/mol. The fourth-order valence-corrected chi connectivity index (χ4v) is 1.69. The molecule has 0 amide bonds. The summed E-state index contributed by atoms with van der Waals surface area (Å²) in [6, 6.07) is 0. The van der Waals surface area contributed by atoms with Crippen molar-refractivity contribution < 1.29 is 4.74 Å². The number of ether oxygens (including phenoxy) is 1. The second-order valence-corrected chi connectivity index (χ2v) is 3.21. The highest BCUT2D eigenvalue weighted by molar-refractivity contribution is 4.86. The summed E-state index contributed by atoms with van der Waals surface area (Å²) in [6.45, 7) is 2.80. The smallest absolute Gasteiger partial charge is 0.0814 e. The fraction of sp³-hybridized carbons (Fsp3) is 1.00. The molecule has 11 heavy (non-hydrogen) atoms. The van der Waals surface area contributed by atoms with Crippen molar-refractivity contribution in [2.24, 2.45) is 5.73 Å². The first-order valence-corrected chi connectivity index (χ1v) is 4.29. The lowest BCUT2D eigenvalue weighted by molar-refractivity contribution is -0.0327. The van der Waals surface area contributed by atoms with Crippen molar-refractivity contribution in [3.8, 4) is 0 Å². The summed E-state index contributed by atoms with van der Waals surface area (Å²) in [7, 11) is 1.78. The average molecular weight is 158 g/mol. The van der Waals surface area contributed by atoms with Crippen LogP contribution in [0, 0.1) is 0 Å². The lowest BCUT2D eigenvalue weighted by atomic mass is 9.90. The van der Waals surface area contributed by atoms with Crippen molar-refractivity contribution in [1.29, 1.82) is 0 Å². The molecule has 0 radical (unpaired) electrons. The fourth-order valence-electron chi connectivity index (χ4n) is 1.69. The molecule has 0 saturated carbocycles. The van der Waals surface area contributed by atoms with Gasteiger partial charge in [0.05, 0.1) is 5.60 Å². The summed E-state index contributed by atoms with van der Waals surface area (Å²) in [5, 5.41) is 3.33. The topological polar surface area (TPSA) is 47.3 Å². The van der Waals surface area contributed by atoms with Gasteiger partial charge >= 0.3 is 0 Å². The van der Waals surface area contributed by atoms with Crippen LogP contribution in [0.3, 0.4) is 0 Å². The van der Waals surface area contributed by atoms with E-state index in [-0.39, 0.29) is 5.60 Å². The van der Waals surface area contributed by atoms with E-state index in [1.165, 1.54) is 6.42 Å². The molecule has 0 spiro atoms. The largest absolute Gasteiger partial charge is 0.377 e. The Balaban J connectivity index is 2.42. The summed E-state index contributed by atoms with van der Waals surface area (Å²) >= 11 is 0. The third-order valence-electron chi connectivity index (χ3n) is 2.47. The molecule has 66 valence electrons. The Kier molecular flexibility index (Phi) is 3.30. The van der Waals surface area contributed by atoms with Crippen LogP contribution in [0.2, 0.25) is 0 Å². The van der Waals surface area contributed by atoms with Crippen molar-refractivity contribution in [1.82, 2.24) is 5.32 Å². The van der Waals surface area contributed by atoms with Gasteiger partial charge in [0.2, 0.25) is 0 Å². The molecule has 1 atom stereocenters. The van der Waals surface area contributed by atoms with Gasteiger partial charge in [-0.2, -0.15) is 0 Å². The lowest BCUT2D eigenvalue weighted by Crippen LogP contribution is -2.48. The Hall–Kier alpha value is -0.120. The Morgan fingerprint density at radius 1 is 1.64 bits per heavy atom. The molecule has 1 aliphatic heterocycles. The summed E-state index contributed by atoms with van der Waals surface area (Å²) in [6.07, 6.45) is 3.32. The van der Waals surface area contributed by atoms with E-state index in [2.05, 4.69) is 5.32 Å². The summed E-state index contributed by atoms with van der Waals surface area (Å²) in [5.41, 5.74) is 5.55. The summed E-state index contributed by atoms with van der Waals surface area (Å²) < 4.78 is 5.48. The number of methoxy groups -OCH3 is 1. The molecule has 1 heterocycles. The minimum absolute atomic E-state index is 0.0347. The van der Waals surface area contributed by atoms with E-state index in [1.807, 2.05) is 0 Å². The molecule has 1 saturated heterocycles. The molecule has 1 aliphatic rings. The number of rotatable bonds is 3. The van der Waals surface area contributed by atoms with Crippen molar-refractivity contribution in [3.05, 3.63) is 0 Å². The van der Waals surface area contributed by atoms with Crippen molar-refractivity contribution >= 4 is 0 Å². The highest BCUT2D eigenvalue weighted by Crippen LogP contribution is 2.22. The third-order valence-corrected chi connectivity index (χ3v) is 2.47. The van der Waals surface area contributed by atoms with E-state index >= 15 is 0 Å². The van der Waals surface area contributed by atoms with Gasteiger partial charge in [-0.15, -0.1) is 0 Å². The maximum atomic E-state index is 5.51. The number of piperidine rings is 1. The van der Waals surface area contributed by atoms with Gasteiger partial charge in [-0.3, -0.25) is 0 Å². The van der Waals surface area contributed by atoms with Crippen LogP contribution in [0.5, 0.6) is 0 Å². The predicted octanol–water partition coefficient (Wildman–Crippen LogP) is 0.104. The Labute approximate surface area is 68.3 Å². The summed E-state index contributed by atoms with van der Waals surface area (Å²) in [5.74, 6) is 0. The first kappa shape index (κ1) is 8.97. The highest BCUT2D eigenvalue weighted by atomic mass is 16.5. The van der Waals surface area contributed by atoms with E-state index in [0.717, 1.165) is 32.5 Å². The minimum Gasteiger partial charge on any atom is -0.377 e.